The molecule has 1 aromatic heterocycles. The molecular weight excluding hydrogens is 389 g/mol. The van der Waals surface area contributed by atoms with Gasteiger partial charge in [-0.15, -0.1) is 5.10 Å². The van der Waals surface area contributed by atoms with Crippen molar-refractivity contribution in [3.63, 3.8) is 0 Å². The summed E-state index contributed by atoms with van der Waals surface area (Å²) in [6.07, 6.45) is 0.966. The molecule has 0 amide bonds. The van der Waals surface area contributed by atoms with E-state index in [-0.39, 0.29) is 11.9 Å². The molecule has 0 saturated carbocycles. The highest BCUT2D eigenvalue weighted by atomic mass is 19.1. The van der Waals surface area contributed by atoms with Gasteiger partial charge in [0.2, 0.25) is 0 Å². The first-order valence-electron chi connectivity index (χ1n) is 10.6. The summed E-state index contributed by atoms with van der Waals surface area (Å²) in [5.74, 6) is 0.525. The van der Waals surface area contributed by atoms with Gasteiger partial charge in [0.05, 0.1) is 12.6 Å². The zero-order chi connectivity index (χ0) is 21.2. The Kier molecular flexibility index (Phi) is 5.30. The molecule has 5 rings (SSSR count). The van der Waals surface area contributed by atoms with Crippen molar-refractivity contribution in [2.45, 2.75) is 32.5 Å². The first-order valence-corrected chi connectivity index (χ1v) is 10.6. The van der Waals surface area contributed by atoms with Gasteiger partial charge in [-0.25, -0.2) is 9.07 Å². The van der Waals surface area contributed by atoms with Crippen LogP contribution >= 0.6 is 0 Å². The Morgan fingerprint density at radius 1 is 0.935 bits per heavy atom. The molecule has 0 spiro atoms. The van der Waals surface area contributed by atoms with Gasteiger partial charge in [0.15, 0.2) is 5.82 Å². The lowest BCUT2D eigenvalue weighted by Gasteiger charge is -2.35. The van der Waals surface area contributed by atoms with Gasteiger partial charge >= 0.3 is 0 Å². The van der Waals surface area contributed by atoms with Crippen molar-refractivity contribution < 1.29 is 4.39 Å². The van der Waals surface area contributed by atoms with Gasteiger partial charge < -0.3 is 0 Å². The van der Waals surface area contributed by atoms with Gasteiger partial charge in [0.25, 0.3) is 0 Å². The highest BCUT2D eigenvalue weighted by Gasteiger charge is 2.30. The molecule has 5 nitrogen and oxygen atoms in total. The minimum Gasteiger partial charge on any atom is -0.285 e. The van der Waals surface area contributed by atoms with E-state index in [9.17, 15) is 4.39 Å². The SMILES string of the molecule is Cc1ccc(Cn2nnnc2C(c2ccc(F)cc2)N2CCc3ccccc3C2)cc1. The summed E-state index contributed by atoms with van der Waals surface area (Å²) < 4.78 is 15.5. The summed E-state index contributed by atoms with van der Waals surface area (Å²) in [5.41, 5.74) is 6.05. The highest BCUT2D eigenvalue weighted by Crippen LogP contribution is 2.32. The summed E-state index contributed by atoms with van der Waals surface area (Å²) in [6.45, 7) is 4.35. The normalized spacial score (nSPS) is 14.9. The molecule has 0 saturated heterocycles. The number of nitrogens with zero attached hydrogens (tertiary/aromatic N) is 5. The van der Waals surface area contributed by atoms with E-state index >= 15 is 0 Å². The summed E-state index contributed by atoms with van der Waals surface area (Å²) in [5, 5.41) is 12.7. The Morgan fingerprint density at radius 2 is 1.68 bits per heavy atom. The average molecular weight is 414 g/mol. The minimum absolute atomic E-state index is 0.158. The Bertz CT molecular complexity index is 1170. The van der Waals surface area contributed by atoms with E-state index in [0.717, 1.165) is 36.5 Å². The lowest BCUT2D eigenvalue weighted by atomic mass is 9.96. The maximum absolute atomic E-state index is 13.7. The van der Waals surface area contributed by atoms with E-state index in [4.69, 9.17) is 0 Å². The number of aromatic nitrogens is 4. The predicted octanol–water partition coefficient (Wildman–Crippen LogP) is 4.32. The molecule has 0 radical (unpaired) electrons. The maximum atomic E-state index is 13.7. The summed E-state index contributed by atoms with van der Waals surface area (Å²) in [4.78, 5) is 2.38. The van der Waals surface area contributed by atoms with Crippen molar-refractivity contribution in [2.75, 3.05) is 6.54 Å². The summed E-state index contributed by atoms with van der Waals surface area (Å²) in [6, 6.07) is 23.5. The molecule has 1 aliphatic heterocycles. The molecule has 4 aromatic rings. The molecule has 2 heterocycles. The standard InChI is InChI=1S/C25H24FN5/c1-18-6-8-19(9-7-18)16-31-25(27-28-29-31)24(21-10-12-23(26)13-11-21)30-15-14-20-4-2-3-5-22(20)17-30/h2-13,24H,14-17H2,1H3. The van der Waals surface area contributed by atoms with Gasteiger partial charge in [0.1, 0.15) is 5.82 Å². The monoisotopic (exact) mass is 413 g/mol. The van der Waals surface area contributed by atoms with E-state index in [0.29, 0.717) is 6.54 Å². The number of hydrogen-bond acceptors (Lipinski definition) is 4. The molecule has 1 unspecified atom stereocenters. The molecule has 1 atom stereocenters. The van der Waals surface area contributed by atoms with Gasteiger partial charge in [-0.3, -0.25) is 4.90 Å². The third kappa shape index (κ3) is 4.11. The van der Waals surface area contributed by atoms with Crippen LogP contribution in [0.15, 0.2) is 72.8 Å². The smallest absolute Gasteiger partial charge is 0.173 e. The van der Waals surface area contributed by atoms with Crippen molar-refractivity contribution in [1.29, 1.82) is 0 Å². The largest absolute Gasteiger partial charge is 0.285 e. The molecule has 1 aliphatic rings. The van der Waals surface area contributed by atoms with Crippen molar-refractivity contribution in [3.05, 3.63) is 112 Å². The number of benzene rings is 3. The topological polar surface area (TPSA) is 46.8 Å². The first-order chi connectivity index (χ1) is 15.2. The van der Waals surface area contributed by atoms with E-state index in [1.54, 1.807) is 0 Å². The van der Waals surface area contributed by atoms with E-state index < -0.39 is 0 Å². The Morgan fingerprint density at radius 3 is 2.45 bits per heavy atom. The molecule has 6 heteroatoms. The second kappa shape index (κ2) is 8.40. The van der Waals surface area contributed by atoms with Crippen LogP contribution in [0.1, 0.15) is 39.7 Å². The van der Waals surface area contributed by atoms with Crippen LogP contribution < -0.4 is 0 Å². The van der Waals surface area contributed by atoms with Crippen LogP contribution in [0.2, 0.25) is 0 Å². The minimum atomic E-state index is -0.245. The van der Waals surface area contributed by atoms with Crippen LogP contribution in [0.5, 0.6) is 0 Å². The third-order valence-corrected chi connectivity index (χ3v) is 5.97. The second-order valence-corrected chi connectivity index (χ2v) is 8.12. The number of halogens is 1. The number of rotatable bonds is 5. The molecule has 0 N–H and O–H groups in total. The fraction of sp³-hybridized carbons (Fsp3) is 0.240. The molecule has 0 aliphatic carbocycles. The van der Waals surface area contributed by atoms with Crippen molar-refractivity contribution in [2.24, 2.45) is 0 Å². The van der Waals surface area contributed by atoms with Gasteiger partial charge in [-0.2, -0.15) is 0 Å². The lowest BCUT2D eigenvalue weighted by molar-refractivity contribution is 0.195. The number of hydrogen-bond donors (Lipinski definition) is 0. The van der Waals surface area contributed by atoms with Crippen LogP contribution in [0.3, 0.4) is 0 Å². The molecule has 31 heavy (non-hydrogen) atoms. The van der Waals surface area contributed by atoms with Crippen molar-refractivity contribution >= 4 is 0 Å². The quantitative estimate of drug-likeness (QED) is 0.489. The summed E-state index contributed by atoms with van der Waals surface area (Å²) >= 11 is 0. The van der Waals surface area contributed by atoms with Gasteiger partial charge in [0, 0.05) is 13.1 Å². The second-order valence-electron chi connectivity index (χ2n) is 8.12. The average Bonchev–Trinajstić information content (AvgIpc) is 3.24. The van der Waals surface area contributed by atoms with E-state index in [1.807, 2.05) is 16.8 Å². The van der Waals surface area contributed by atoms with Gasteiger partial charge in [-0.1, -0.05) is 66.2 Å². The van der Waals surface area contributed by atoms with Gasteiger partial charge in [-0.05, 0) is 58.2 Å². The zero-order valence-corrected chi connectivity index (χ0v) is 17.4. The maximum Gasteiger partial charge on any atom is 0.173 e. The summed E-state index contributed by atoms with van der Waals surface area (Å²) in [7, 11) is 0. The highest BCUT2D eigenvalue weighted by molar-refractivity contribution is 5.32. The van der Waals surface area contributed by atoms with Crippen LogP contribution in [0.4, 0.5) is 4.39 Å². The fourth-order valence-corrected chi connectivity index (χ4v) is 4.29. The number of aryl methyl sites for hydroxylation is 1. The molecular formula is C25H24FN5. The molecule has 156 valence electrons. The molecule has 3 aromatic carbocycles. The predicted molar refractivity (Wildman–Crippen MR) is 117 cm³/mol. The van der Waals surface area contributed by atoms with Crippen LogP contribution in [0, 0.1) is 12.7 Å². The number of tetrazole rings is 1. The van der Waals surface area contributed by atoms with Crippen LogP contribution in [-0.2, 0) is 19.5 Å². The van der Waals surface area contributed by atoms with E-state index in [2.05, 4.69) is 75.9 Å². The Balaban J connectivity index is 1.52. The molecule has 0 fully saturated rings. The first kappa shape index (κ1) is 19.6. The Labute approximate surface area is 181 Å². The van der Waals surface area contributed by atoms with Crippen LogP contribution in [-0.4, -0.2) is 31.7 Å². The zero-order valence-electron chi connectivity index (χ0n) is 17.4. The molecule has 0 bridgehead atoms. The van der Waals surface area contributed by atoms with Crippen LogP contribution in [0.25, 0.3) is 0 Å². The fourth-order valence-electron chi connectivity index (χ4n) is 4.29. The Hall–Kier alpha value is -3.38. The lowest BCUT2D eigenvalue weighted by Crippen LogP contribution is -2.36. The van der Waals surface area contributed by atoms with Crippen molar-refractivity contribution in [3.8, 4) is 0 Å². The number of fused-ring (bicyclic) bond motifs is 1. The third-order valence-electron chi connectivity index (χ3n) is 5.97. The van der Waals surface area contributed by atoms with Crippen molar-refractivity contribution in [1.82, 2.24) is 25.1 Å². The van der Waals surface area contributed by atoms with E-state index in [1.165, 1.54) is 28.8 Å².